The lowest BCUT2D eigenvalue weighted by molar-refractivity contribution is -0.142. The molecule has 1 fully saturated rings. The zero-order valence-corrected chi connectivity index (χ0v) is 31.3. The van der Waals surface area contributed by atoms with E-state index >= 15 is 0 Å². The Morgan fingerprint density at radius 3 is 2.15 bits per heavy atom. The van der Waals surface area contributed by atoms with Crippen LogP contribution in [0.2, 0.25) is 0 Å². The van der Waals surface area contributed by atoms with Gasteiger partial charge in [-0.2, -0.15) is 0 Å². The van der Waals surface area contributed by atoms with Crippen molar-refractivity contribution in [1.29, 1.82) is 0 Å². The summed E-state index contributed by atoms with van der Waals surface area (Å²) >= 11 is 7.24. The van der Waals surface area contributed by atoms with Gasteiger partial charge in [-0.3, -0.25) is 18.8 Å². The first kappa shape index (κ1) is 40.0. The number of halogens is 1. The molecule has 0 spiro atoms. The monoisotopic (exact) mass is 708 g/mol. The molecule has 0 saturated carbocycles. The highest BCUT2D eigenvalue weighted by Gasteiger charge is 2.67. The number of nitrogens with zero attached hydrogens (tertiary/aromatic N) is 5. The smallest absolute Gasteiger partial charge is 0.264 e. The number of hydrogen-bond donors (Lipinski definition) is 1. The van der Waals surface area contributed by atoms with Crippen LogP contribution >= 0.6 is 11.6 Å². The number of sulfonamides is 1. The van der Waals surface area contributed by atoms with Crippen LogP contribution in [0.4, 0.5) is 11.4 Å². The van der Waals surface area contributed by atoms with E-state index in [9.17, 15) is 18.0 Å². The van der Waals surface area contributed by atoms with Gasteiger partial charge in [-0.15, -0.1) is 10.2 Å². The number of carbonyl (C=O) groups excluding carboxylic acids is 2. The van der Waals surface area contributed by atoms with Crippen molar-refractivity contribution in [3.8, 4) is 0 Å². The molecule has 0 bridgehead atoms. The topological polar surface area (TPSA) is 133 Å². The van der Waals surface area contributed by atoms with Gasteiger partial charge in [-0.1, -0.05) is 116 Å². The molecule has 1 saturated heterocycles. The number of hydrogen-bond acceptors (Lipinski definition) is 9. The number of rotatable bonds is 21. The fraction of sp³-hybridized carbons (Fsp3) is 0.743. The predicted octanol–water partition coefficient (Wildman–Crippen LogP) is 7.56. The molecule has 3 rings (SSSR count). The molecule has 1 amide bonds. The normalized spacial score (nSPS) is 19.7. The van der Waals surface area contributed by atoms with E-state index < -0.39 is 37.8 Å². The maximum absolute atomic E-state index is 14.3. The second-order valence-electron chi connectivity index (χ2n) is 13.9. The molecule has 2 aliphatic rings. The molecule has 2 heterocycles. The molecule has 2 aliphatic heterocycles. The van der Waals surface area contributed by atoms with Crippen molar-refractivity contribution in [1.82, 2.24) is 4.90 Å². The van der Waals surface area contributed by atoms with Gasteiger partial charge < -0.3 is 10.1 Å². The van der Waals surface area contributed by atoms with Gasteiger partial charge in [-0.05, 0) is 31.0 Å². The largest absolute Gasteiger partial charge is 0.379 e. The summed E-state index contributed by atoms with van der Waals surface area (Å²) in [6, 6.07) is 6.71. The number of Topliss-reactive ketones (excluding diaryl/α,β-unsaturated/α-hetero) is 1. The molecular weight excluding hydrogens is 652 g/mol. The van der Waals surface area contributed by atoms with E-state index in [-0.39, 0.29) is 5.75 Å². The molecular formula is C35H57ClN6O5S. The van der Waals surface area contributed by atoms with Crippen LogP contribution in [0.3, 0.4) is 0 Å². The molecule has 2 unspecified atom stereocenters. The lowest BCUT2D eigenvalue weighted by Gasteiger charge is -2.46. The summed E-state index contributed by atoms with van der Waals surface area (Å²) < 4.78 is 34.5. The number of ether oxygens (including phenoxy) is 1. The summed E-state index contributed by atoms with van der Waals surface area (Å²) in [5.74, 6) is -3.14. The van der Waals surface area contributed by atoms with E-state index in [1.165, 1.54) is 36.3 Å². The summed E-state index contributed by atoms with van der Waals surface area (Å²) in [6.45, 7) is 11.1. The Balaban J connectivity index is 1.88. The summed E-state index contributed by atoms with van der Waals surface area (Å²) in [6.07, 6.45) is 13.4. The fourth-order valence-corrected chi connectivity index (χ4v) is 8.32. The molecule has 1 aromatic carbocycles. The lowest BCUT2D eigenvalue weighted by atomic mass is 9.78. The minimum absolute atomic E-state index is 0.0578. The first-order valence-electron chi connectivity index (χ1n) is 17.8. The van der Waals surface area contributed by atoms with Crippen molar-refractivity contribution < 1.29 is 22.7 Å². The first-order chi connectivity index (χ1) is 22.8. The zero-order chi connectivity index (χ0) is 35.3. The number of ketones is 1. The van der Waals surface area contributed by atoms with Crippen LogP contribution in [-0.2, 0) is 24.3 Å². The Labute approximate surface area is 293 Å². The first-order valence-corrected chi connectivity index (χ1v) is 19.8. The number of morpholine rings is 1. The maximum Gasteiger partial charge on any atom is 0.264 e. The van der Waals surface area contributed by atoms with Crippen molar-refractivity contribution in [2.45, 2.75) is 122 Å². The number of benzene rings is 1. The highest BCUT2D eigenvalue weighted by Crippen LogP contribution is 2.45. The van der Waals surface area contributed by atoms with E-state index in [0.29, 0.717) is 50.6 Å². The number of alkyl halides is 1. The van der Waals surface area contributed by atoms with E-state index in [4.69, 9.17) is 16.3 Å². The van der Waals surface area contributed by atoms with E-state index in [2.05, 4.69) is 34.4 Å². The van der Waals surface area contributed by atoms with E-state index in [0.717, 1.165) is 44.9 Å². The summed E-state index contributed by atoms with van der Waals surface area (Å²) in [5.41, 5.74) is -0.277. The van der Waals surface area contributed by atoms with Crippen LogP contribution in [-0.4, -0.2) is 80.6 Å². The third-order valence-corrected chi connectivity index (χ3v) is 11.4. The summed E-state index contributed by atoms with van der Waals surface area (Å²) in [4.78, 5) is 32.4. The highest BCUT2D eigenvalue weighted by atomic mass is 35.5. The van der Waals surface area contributed by atoms with Crippen LogP contribution in [0.5, 0.6) is 0 Å². The van der Waals surface area contributed by atoms with Gasteiger partial charge in [0.2, 0.25) is 14.9 Å². The van der Waals surface area contributed by atoms with Gasteiger partial charge in [0.15, 0.2) is 5.78 Å². The average molecular weight is 709 g/mol. The molecule has 270 valence electrons. The summed E-state index contributed by atoms with van der Waals surface area (Å²) in [5, 5.41) is 11.1. The average Bonchev–Trinajstić information content (AvgIpc) is 3.57. The van der Waals surface area contributed by atoms with Crippen LogP contribution in [0.25, 0.3) is 0 Å². The van der Waals surface area contributed by atoms with Crippen LogP contribution in [0.15, 0.2) is 39.5 Å². The minimum Gasteiger partial charge on any atom is -0.379 e. The van der Waals surface area contributed by atoms with Gasteiger partial charge in [0.05, 0.1) is 24.7 Å². The third kappa shape index (κ3) is 10.1. The van der Waals surface area contributed by atoms with Gasteiger partial charge in [0.25, 0.3) is 11.7 Å². The number of anilines is 2. The Kier molecular flexibility index (Phi) is 15.5. The van der Waals surface area contributed by atoms with Crippen LogP contribution in [0.1, 0.15) is 112 Å². The van der Waals surface area contributed by atoms with Crippen molar-refractivity contribution in [2.24, 2.45) is 20.6 Å². The highest BCUT2D eigenvalue weighted by molar-refractivity contribution is 7.92. The Morgan fingerprint density at radius 1 is 0.958 bits per heavy atom. The standard InChI is InChI=1S/C35H57ClN6O5S/c1-6-8-10-12-13-14-15-17-26-48(45,46)42(21-16-11-9-7-2)30-20-18-19-29(27-30)39-32(44)34(36,31(43)33(3,4)5)35(37-28-38-40-35)41-22-24-47-25-23-41/h18-20,27-28H,6-17,21-26H2,1-5H3,(H,39,44). The molecule has 2 atom stereocenters. The molecule has 13 heteroatoms. The molecule has 0 aliphatic carbocycles. The number of azo groups is 1. The Morgan fingerprint density at radius 2 is 1.56 bits per heavy atom. The van der Waals surface area contributed by atoms with E-state index in [1.54, 1.807) is 49.9 Å². The van der Waals surface area contributed by atoms with Gasteiger partial charge in [0, 0.05) is 30.7 Å². The number of carbonyl (C=O) groups is 2. The molecule has 11 nitrogen and oxygen atoms in total. The zero-order valence-electron chi connectivity index (χ0n) is 29.7. The van der Waals surface area contributed by atoms with Crippen LogP contribution < -0.4 is 9.62 Å². The second-order valence-corrected chi connectivity index (χ2v) is 16.4. The maximum atomic E-state index is 14.3. The van der Waals surface area contributed by atoms with E-state index in [1.807, 2.05) is 0 Å². The number of unbranched alkanes of at least 4 members (excludes halogenated alkanes) is 10. The summed E-state index contributed by atoms with van der Waals surface area (Å²) in [7, 11) is -3.63. The van der Waals surface area contributed by atoms with Crippen molar-refractivity contribution in [3.05, 3.63) is 24.3 Å². The fourth-order valence-electron chi connectivity index (χ4n) is 6.15. The number of amides is 1. The van der Waals surface area contributed by atoms with Gasteiger partial charge >= 0.3 is 0 Å². The second kappa shape index (κ2) is 18.5. The molecule has 1 N–H and O–H groups in total. The number of aliphatic imine (C=N–C) groups is 1. The SMILES string of the molecule is CCCCCCCCCCS(=O)(=O)N(CCCCCC)c1cccc(NC(=O)C(Cl)(C(=O)C(C)(C)C)C2(N3CCOCC3)N=CN=N2)c1. The quantitative estimate of drug-likeness (QED) is 0.0796. The Bertz CT molecular complexity index is 1350. The Hall–Kier alpha value is -2.41. The van der Waals surface area contributed by atoms with Crippen LogP contribution in [0, 0.1) is 5.41 Å². The van der Waals surface area contributed by atoms with Crippen molar-refractivity contribution >= 4 is 51.0 Å². The minimum atomic E-state index is -3.63. The molecule has 48 heavy (non-hydrogen) atoms. The van der Waals surface area contributed by atoms with Gasteiger partial charge in [0.1, 0.15) is 6.34 Å². The third-order valence-electron chi connectivity index (χ3n) is 8.91. The molecule has 0 aromatic heterocycles. The predicted molar refractivity (Wildman–Crippen MR) is 194 cm³/mol. The van der Waals surface area contributed by atoms with Crippen molar-refractivity contribution in [2.75, 3.05) is 48.2 Å². The van der Waals surface area contributed by atoms with Gasteiger partial charge in [-0.25, -0.2) is 13.4 Å². The molecule has 0 radical (unpaired) electrons. The molecule has 1 aromatic rings. The number of nitrogens with one attached hydrogen (secondary N) is 1. The van der Waals surface area contributed by atoms with Crippen molar-refractivity contribution in [3.63, 3.8) is 0 Å². The lowest BCUT2D eigenvalue weighted by Crippen LogP contribution is -2.70.